The lowest BCUT2D eigenvalue weighted by atomic mass is 10.1. The van der Waals surface area contributed by atoms with Gasteiger partial charge in [0.15, 0.2) is 0 Å². The second-order valence-corrected chi connectivity index (χ2v) is 5.75. The highest BCUT2D eigenvalue weighted by Gasteiger charge is 2.21. The highest BCUT2D eigenvalue weighted by Crippen LogP contribution is 2.18. The van der Waals surface area contributed by atoms with Crippen LogP contribution in [0.25, 0.3) is 10.9 Å². The maximum atomic E-state index is 12.3. The number of nitrogens with one attached hydrogen (secondary N) is 1. The van der Waals surface area contributed by atoms with Crippen LogP contribution in [0.2, 0.25) is 0 Å². The molecule has 19 heavy (non-hydrogen) atoms. The van der Waals surface area contributed by atoms with Gasteiger partial charge in [-0.3, -0.25) is 4.79 Å². The molecule has 0 spiro atoms. The van der Waals surface area contributed by atoms with Gasteiger partial charge in [-0.15, -0.1) is 0 Å². The van der Waals surface area contributed by atoms with E-state index in [4.69, 9.17) is 0 Å². The van der Waals surface area contributed by atoms with E-state index in [1.807, 2.05) is 31.2 Å². The van der Waals surface area contributed by atoms with E-state index >= 15 is 0 Å². The fourth-order valence-corrected chi connectivity index (χ4v) is 2.21. The van der Waals surface area contributed by atoms with E-state index in [9.17, 15) is 9.90 Å². The number of benzene rings is 1. The van der Waals surface area contributed by atoms with Crippen molar-refractivity contribution in [2.45, 2.75) is 26.4 Å². The van der Waals surface area contributed by atoms with Crippen LogP contribution in [0.4, 0.5) is 0 Å². The molecule has 0 saturated heterocycles. The molecular formula is C15H20N2O2. The number of hydrogen-bond donors (Lipinski definition) is 2. The molecule has 1 aromatic heterocycles. The summed E-state index contributed by atoms with van der Waals surface area (Å²) in [7, 11) is 1.69. The van der Waals surface area contributed by atoms with Crippen LogP contribution in [-0.2, 0) is 0 Å². The Labute approximate surface area is 113 Å². The maximum absolute atomic E-state index is 12.3. The Morgan fingerprint density at radius 1 is 1.37 bits per heavy atom. The van der Waals surface area contributed by atoms with Crippen molar-refractivity contribution in [3.8, 4) is 0 Å². The third-order valence-corrected chi connectivity index (χ3v) is 2.98. The topological polar surface area (TPSA) is 56.3 Å². The minimum Gasteiger partial charge on any atom is -0.389 e. The largest absolute Gasteiger partial charge is 0.389 e. The minimum atomic E-state index is -0.896. The maximum Gasteiger partial charge on any atom is 0.270 e. The summed E-state index contributed by atoms with van der Waals surface area (Å²) in [6.07, 6.45) is 0. The average Bonchev–Trinajstić information content (AvgIpc) is 2.68. The van der Waals surface area contributed by atoms with Crippen LogP contribution in [0.1, 0.15) is 29.9 Å². The van der Waals surface area contributed by atoms with Gasteiger partial charge in [0.05, 0.1) is 5.60 Å². The van der Waals surface area contributed by atoms with Crippen molar-refractivity contribution in [1.29, 1.82) is 0 Å². The van der Waals surface area contributed by atoms with Crippen molar-refractivity contribution in [2.24, 2.45) is 0 Å². The second-order valence-electron chi connectivity index (χ2n) is 5.75. The van der Waals surface area contributed by atoms with Gasteiger partial charge in [-0.1, -0.05) is 12.1 Å². The first-order valence-electron chi connectivity index (χ1n) is 6.33. The van der Waals surface area contributed by atoms with Crippen LogP contribution in [0.3, 0.4) is 0 Å². The highest BCUT2D eigenvalue weighted by molar-refractivity contribution is 5.98. The van der Waals surface area contributed by atoms with E-state index in [-0.39, 0.29) is 5.91 Å². The molecule has 0 bridgehead atoms. The first-order valence-corrected chi connectivity index (χ1v) is 6.33. The number of carbonyl (C=O) groups excluding carboxylic acids is 1. The number of nitrogens with zero attached hydrogens (tertiary/aromatic N) is 1. The van der Waals surface area contributed by atoms with E-state index in [2.05, 4.69) is 4.98 Å². The molecular weight excluding hydrogens is 240 g/mol. The zero-order valence-electron chi connectivity index (χ0n) is 11.8. The molecule has 0 radical (unpaired) electrons. The van der Waals surface area contributed by atoms with Crippen molar-refractivity contribution < 1.29 is 9.90 Å². The lowest BCUT2D eigenvalue weighted by molar-refractivity contribution is 0.0365. The van der Waals surface area contributed by atoms with Crippen LogP contribution in [-0.4, -0.2) is 40.1 Å². The Morgan fingerprint density at radius 3 is 2.68 bits per heavy atom. The molecule has 0 saturated carbocycles. The normalized spacial score (nSPS) is 11.8. The molecule has 1 aromatic carbocycles. The van der Waals surface area contributed by atoms with Gasteiger partial charge in [0.1, 0.15) is 5.69 Å². The summed E-state index contributed by atoms with van der Waals surface area (Å²) in [6, 6.07) is 7.87. The zero-order chi connectivity index (χ0) is 14.2. The van der Waals surface area contributed by atoms with Crippen LogP contribution in [0, 0.1) is 6.92 Å². The molecule has 2 N–H and O–H groups in total. The van der Waals surface area contributed by atoms with Crippen LogP contribution in [0.5, 0.6) is 0 Å². The predicted octanol–water partition coefficient (Wildman–Crippen LogP) is 2.32. The molecule has 0 aliphatic rings. The van der Waals surface area contributed by atoms with E-state index in [0.29, 0.717) is 12.2 Å². The van der Waals surface area contributed by atoms with Crippen molar-refractivity contribution in [2.75, 3.05) is 13.6 Å². The second kappa shape index (κ2) is 4.70. The molecule has 0 atom stereocenters. The van der Waals surface area contributed by atoms with Gasteiger partial charge < -0.3 is 15.0 Å². The van der Waals surface area contributed by atoms with Crippen molar-refractivity contribution >= 4 is 16.8 Å². The number of aliphatic hydroxyl groups is 1. The molecule has 102 valence electrons. The molecule has 0 unspecified atom stereocenters. The summed E-state index contributed by atoms with van der Waals surface area (Å²) in [5, 5.41) is 10.8. The van der Waals surface area contributed by atoms with E-state index in [1.54, 1.807) is 20.9 Å². The van der Waals surface area contributed by atoms with Gasteiger partial charge in [0.2, 0.25) is 0 Å². The fourth-order valence-electron chi connectivity index (χ4n) is 2.21. The van der Waals surface area contributed by atoms with Crippen molar-refractivity contribution in [3.05, 3.63) is 35.5 Å². The standard InChI is InChI=1S/C15H20N2O2/c1-10-5-6-11-8-13(16-12(11)7-10)14(18)17(4)9-15(2,3)19/h5-8,16,19H,9H2,1-4H3. The smallest absolute Gasteiger partial charge is 0.270 e. The summed E-state index contributed by atoms with van der Waals surface area (Å²) in [5.41, 5.74) is 1.76. The first kappa shape index (κ1) is 13.6. The highest BCUT2D eigenvalue weighted by atomic mass is 16.3. The Bertz CT molecular complexity index is 608. The molecule has 0 aliphatic heterocycles. The number of aryl methyl sites for hydroxylation is 1. The van der Waals surface area contributed by atoms with Crippen LogP contribution < -0.4 is 0 Å². The Kier molecular flexibility index (Phi) is 3.37. The van der Waals surface area contributed by atoms with Crippen molar-refractivity contribution in [3.63, 3.8) is 0 Å². The lowest BCUT2D eigenvalue weighted by Gasteiger charge is -2.25. The molecule has 1 amide bonds. The van der Waals surface area contributed by atoms with Gasteiger partial charge >= 0.3 is 0 Å². The van der Waals surface area contributed by atoms with Crippen molar-refractivity contribution in [1.82, 2.24) is 9.88 Å². The summed E-state index contributed by atoms with van der Waals surface area (Å²) >= 11 is 0. The molecule has 0 aliphatic carbocycles. The lowest BCUT2D eigenvalue weighted by Crippen LogP contribution is -2.39. The fraction of sp³-hybridized carbons (Fsp3) is 0.400. The van der Waals surface area contributed by atoms with E-state index in [1.165, 1.54) is 4.90 Å². The predicted molar refractivity (Wildman–Crippen MR) is 76.3 cm³/mol. The quantitative estimate of drug-likeness (QED) is 0.889. The Balaban J connectivity index is 2.26. The third-order valence-electron chi connectivity index (χ3n) is 2.98. The van der Waals surface area contributed by atoms with Gasteiger partial charge in [-0.05, 0) is 38.5 Å². The van der Waals surface area contributed by atoms with Crippen LogP contribution >= 0.6 is 0 Å². The Morgan fingerprint density at radius 2 is 2.05 bits per heavy atom. The number of hydrogen-bond acceptors (Lipinski definition) is 2. The summed E-state index contributed by atoms with van der Waals surface area (Å²) in [6.45, 7) is 5.68. The van der Waals surface area contributed by atoms with Gasteiger partial charge in [0, 0.05) is 24.5 Å². The summed E-state index contributed by atoms with van der Waals surface area (Å²) < 4.78 is 0. The molecule has 0 fully saturated rings. The number of rotatable bonds is 3. The summed E-state index contributed by atoms with van der Waals surface area (Å²) in [5.74, 6) is -0.115. The van der Waals surface area contributed by atoms with E-state index < -0.39 is 5.60 Å². The number of aromatic amines is 1. The molecule has 2 aromatic rings. The third kappa shape index (κ3) is 3.15. The van der Waals surface area contributed by atoms with E-state index in [0.717, 1.165) is 16.5 Å². The Hall–Kier alpha value is -1.81. The molecule has 1 heterocycles. The minimum absolute atomic E-state index is 0.115. The SMILES string of the molecule is Cc1ccc2cc(C(=O)N(C)CC(C)(C)O)[nH]c2c1. The number of aromatic nitrogens is 1. The van der Waals surface area contributed by atoms with Crippen LogP contribution in [0.15, 0.2) is 24.3 Å². The first-order chi connectivity index (χ1) is 8.76. The molecule has 2 rings (SSSR count). The van der Waals surface area contributed by atoms with Gasteiger partial charge in [-0.2, -0.15) is 0 Å². The summed E-state index contributed by atoms with van der Waals surface area (Å²) in [4.78, 5) is 16.9. The number of H-pyrrole nitrogens is 1. The average molecular weight is 260 g/mol. The number of likely N-dealkylation sites (N-methyl/N-ethyl adjacent to an activating group) is 1. The number of fused-ring (bicyclic) bond motifs is 1. The van der Waals surface area contributed by atoms with Gasteiger partial charge in [0.25, 0.3) is 5.91 Å². The van der Waals surface area contributed by atoms with Gasteiger partial charge in [-0.25, -0.2) is 0 Å². The molecule has 4 nitrogen and oxygen atoms in total. The molecule has 4 heteroatoms. The monoisotopic (exact) mass is 260 g/mol. The number of amides is 1. The number of carbonyl (C=O) groups is 1. The zero-order valence-corrected chi connectivity index (χ0v) is 11.8.